The molecule has 1 aliphatic heterocycles. The van der Waals surface area contributed by atoms with Crippen LogP contribution in [0.1, 0.15) is 63.4 Å². The molecule has 4 saturated carbocycles. The van der Waals surface area contributed by atoms with Gasteiger partial charge < -0.3 is 4.90 Å². The molecular weight excluding hydrogens is 442 g/mol. The Morgan fingerprint density at radius 2 is 1.63 bits per heavy atom. The van der Waals surface area contributed by atoms with Gasteiger partial charge in [-0.3, -0.25) is 19.7 Å². The highest BCUT2D eigenvalue weighted by Gasteiger charge is 2.60. The van der Waals surface area contributed by atoms with Crippen molar-refractivity contribution in [2.75, 3.05) is 0 Å². The predicted octanol–water partition coefficient (Wildman–Crippen LogP) is 4.62. The molecule has 5 aliphatic rings. The Kier molecular flexibility index (Phi) is 5.55. The summed E-state index contributed by atoms with van der Waals surface area (Å²) in [5.74, 6) is 1.32. The van der Waals surface area contributed by atoms with Crippen LogP contribution in [-0.2, 0) is 16.1 Å². The normalized spacial score (nSPS) is 31.6. The van der Waals surface area contributed by atoms with Crippen molar-refractivity contribution in [1.29, 1.82) is 0 Å². The zero-order valence-corrected chi connectivity index (χ0v) is 20.0. The minimum Gasteiger partial charge on any atom is -0.308 e. The maximum Gasteiger partial charge on any atom is 0.328 e. The van der Waals surface area contributed by atoms with Crippen molar-refractivity contribution in [1.82, 2.24) is 15.3 Å². The number of imide groups is 1. The third-order valence-electron chi connectivity index (χ3n) is 8.97. The third-order valence-corrected chi connectivity index (χ3v) is 8.97. The van der Waals surface area contributed by atoms with E-state index in [2.05, 4.69) is 24.3 Å². The van der Waals surface area contributed by atoms with E-state index in [0.29, 0.717) is 37.1 Å². The van der Waals surface area contributed by atoms with E-state index < -0.39 is 11.9 Å². The third kappa shape index (κ3) is 3.90. The maximum absolute atomic E-state index is 14.0. The van der Waals surface area contributed by atoms with Crippen molar-refractivity contribution in [2.45, 2.75) is 75.9 Å². The molecule has 1 atom stereocenters. The lowest BCUT2D eigenvalue weighted by Gasteiger charge is -2.58. The average molecular weight is 476 g/mol. The Morgan fingerprint density at radius 1 is 0.971 bits per heavy atom. The Morgan fingerprint density at radius 3 is 2.29 bits per heavy atom. The molecule has 2 aromatic rings. The number of nitrogens with one attached hydrogen (secondary N) is 1. The van der Waals surface area contributed by atoms with Crippen LogP contribution in [0.5, 0.6) is 0 Å². The SMILES string of the molecule is O=C(CCCC1C(=O)N(C23CC4CC(CC(C4)C2)C3)C(=O)N1Cc1ccc2ccccc2c1)NO. The predicted molar refractivity (Wildman–Crippen MR) is 130 cm³/mol. The van der Waals surface area contributed by atoms with Gasteiger partial charge in [0, 0.05) is 13.0 Å². The molecule has 1 unspecified atom stereocenters. The van der Waals surface area contributed by atoms with Gasteiger partial charge >= 0.3 is 6.03 Å². The van der Waals surface area contributed by atoms with Crippen molar-refractivity contribution >= 4 is 28.6 Å². The number of carbonyl (C=O) groups is 3. The van der Waals surface area contributed by atoms with Gasteiger partial charge in [0.25, 0.3) is 5.91 Å². The molecule has 4 aliphatic carbocycles. The van der Waals surface area contributed by atoms with Gasteiger partial charge in [0.2, 0.25) is 5.91 Å². The van der Waals surface area contributed by atoms with Crippen molar-refractivity contribution in [3.05, 3.63) is 48.0 Å². The molecule has 2 N–H and O–H groups in total. The monoisotopic (exact) mass is 475 g/mol. The van der Waals surface area contributed by atoms with Gasteiger partial charge in [0.1, 0.15) is 6.04 Å². The van der Waals surface area contributed by atoms with Crippen LogP contribution in [0.3, 0.4) is 0 Å². The summed E-state index contributed by atoms with van der Waals surface area (Å²) in [5, 5.41) is 11.1. The van der Waals surface area contributed by atoms with Crippen LogP contribution in [0.25, 0.3) is 10.8 Å². The number of hydroxylamine groups is 1. The molecule has 0 spiro atoms. The van der Waals surface area contributed by atoms with Gasteiger partial charge in [-0.1, -0.05) is 36.4 Å². The second kappa shape index (κ2) is 8.63. The van der Waals surface area contributed by atoms with Gasteiger partial charge in [-0.15, -0.1) is 0 Å². The highest BCUT2D eigenvalue weighted by Crippen LogP contribution is 2.58. The standard InChI is InChI=1S/C28H33N3O4/c32-25(29-35)7-3-6-24-26(33)31(28-14-19-10-20(15-28)12-21(11-19)16-28)27(34)30(24)17-18-8-9-22-4-1-2-5-23(22)13-18/h1-2,4-5,8-9,13,19-21,24,35H,3,6-7,10-12,14-17H2,(H,29,32). The summed E-state index contributed by atoms with van der Waals surface area (Å²) in [7, 11) is 0. The van der Waals surface area contributed by atoms with Crippen molar-refractivity contribution < 1.29 is 19.6 Å². The van der Waals surface area contributed by atoms with Crippen LogP contribution >= 0.6 is 0 Å². The second-order valence-corrected chi connectivity index (χ2v) is 11.4. The van der Waals surface area contributed by atoms with E-state index >= 15 is 0 Å². The van der Waals surface area contributed by atoms with E-state index in [4.69, 9.17) is 5.21 Å². The molecule has 0 aromatic heterocycles. The summed E-state index contributed by atoms with van der Waals surface area (Å²) in [6.07, 6.45) is 7.53. The molecule has 1 saturated heterocycles. The molecule has 2 aromatic carbocycles. The topological polar surface area (TPSA) is 90.0 Å². The summed E-state index contributed by atoms with van der Waals surface area (Å²) in [4.78, 5) is 42.9. The molecule has 0 radical (unpaired) electrons. The van der Waals surface area contributed by atoms with Crippen LogP contribution in [0.4, 0.5) is 4.79 Å². The molecule has 7 nitrogen and oxygen atoms in total. The first-order chi connectivity index (χ1) is 17.0. The maximum atomic E-state index is 14.0. The van der Waals surface area contributed by atoms with Gasteiger partial charge in [-0.05, 0) is 91.5 Å². The van der Waals surface area contributed by atoms with Gasteiger partial charge in [0.15, 0.2) is 0 Å². The van der Waals surface area contributed by atoms with Crippen molar-refractivity contribution in [3.63, 3.8) is 0 Å². The van der Waals surface area contributed by atoms with Gasteiger partial charge in [-0.25, -0.2) is 10.3 Å². The molecule has 5 fully saturated rings. The number of amides is 4. The fourth-order valence-corrected chi connectivity index (χ4v) is 7.92. The molecule has 7 heteroatoms. The number of rotatable bonds is 7. The molecule has 184 valence electrons. The highest BCUT2D eigenvalue weighted by molar-refractivity contribution is 6.05. The molecule has 7 rings (SSSR count). The first kappa shape index (κ1) is 22.5. The number of carbonyl (C=O) groups excluding carboxylic acids is 3. The van der Waals surface area contributed by atoms with E-state index in [0.717, 1.165) is 35.6 Å². The molecule has 4 amide bonds. The summed E-state index contributed by atoms with van der Waals surface area (Å²) < 4.78 is 0. The molecule has 1 heterocycles. The number of fused-ring (bicyclic) bond motifs is 1. The Bertz CT molecular complexity index is 1140. The van der Waals surface area contributed by atoms with Crippen LogP contribution in [0, 0.1) is 17.8 Å². The van der Waals surface area contributed by atoms with Crippen LogP contribution in [-0.4, -0.2) is 44.4 Å². The first-order valence-electron chi connectivity index (χ1n) is 13.0. The fourth-order valence-electron chi connectivity index (χ4n) is 7.92. The fraction of sp³-hybridized carbons (Fsp3) is 0.536. The molecular formula is C28H33N3O4. The number of benzene rings is 2. The lowest BCUT2D eigenvalue weighted by Crippen LogP contribution is -2.62. The van der Waals surface area contributed by atoms with Gasteiger partial charge in [-0.2, -0.15) is 0 Å². The minimum atomic E-state index is -0.575. The van der Waals surface area contributed by atoms with E-state index in [1.165, 1.54) is 19.3 Å². The van der Waals surface area contributed by atoms with Crippen molar-refractivity contribution in [3.8, 4) is 0 Å². The van der Waals surface area contributed by atoms with Crippen LogP contribution in [0.15, 0.2) is 42.5 Å². The summed E-state index contributed by atoms with van der Waals surface area (Å²) in [6, 6.07) is 13.6. The van der Waals surface area contributed by atoms with Gasteiger partial charge in [0.05, 0.1) is 5.54 Å². The number of nitrogens with zero attached hydrogens (tertiary/aromatic N) is 2. The zero-order chi connectivity index (χ0) is 24.2. The summed E-state index contributed by atoms with van der Waals surface area (Å²) in [6.45, 7) is 0.370. The lowest BCUT2D eigenvalue weighted by molar-refractivity contribution is -0.141. The molecule has 4 bridgehead atoms. The number of urea groups is 1. The number of hydrogen-bond acceptors (Lipinski definition) is 4. The quantitative estimate of drug-likeness (QED) is 0.347. The minimum absolute atomic E-state index is 0.0952. The van der Waals surface area contributed by atoms with E-state index in [1.54, 1.807) is 15.3 Å². The number of hydrogen-bond donors (Lipinski definition) is 2. The van der Waals surface area contributed by atoms with E-state index in [-0.39, 0.29) is 23.9 Å². The highest BCUT2D eigenvalue weighted by atomic mass is 16.5. The second-order valence-electron chi connectivity index (χ2n) is 11.4. The molecule has 35 heavy (non-hydrogen) atoms. The Labute approximate surface area is 205 Å². The average Bonchev–Trinajstić information content (AvgIpc) is 3.07. The van der Waals surface area contributed by atoms with Crippen LogP contribution < -0.4 is 5.48 Å². The summed E-state index contributed by atoms with van der Waals surface area (Å²) in [5.41, 5.74) is 2.33. The van der Waals surface area contributed by atoms with Crippen molar-refractivity contribution in [2.24, 2.45) is 17.8 Å². The largest absolute Gasteiger partial charge is 0.328 e. The van der Waals surface area contributed by atoms with E-state index in [9.17, 15) is 14.4 Å². The first-order valence-corrected chi connectivity index (χ1v) is 13.0. The Balaban J connectivity index is 1.29. The van der Waals surface area contributed by atoms with Crippen LogP contribution in [0.2, 0.25) is 0 Å². The smallest absolute Gasteiger partial charge is 0.308 e. The Hall–Kier alpha value is -2.93. The zero-order valence-electron chi connectivity index (χ0n) is 20.0. The summed E-state index contributed by atoms with van der Waals surface area (Å²) >= 11 is 0. The lowest BCUT2D eigenvalue weighted by atomic mass is 9.52. The van der Waals surface area contributed by atoms with E-state index in [1.807, 2.05) is 18.2 Å².